The number of hydrogen-bond donors (Lipinski definition) is 3. The molecule has 88 valence electrons. The first kappa shape index (κ1) is 13.9. The first-order chi connectivity index (χ1) is 7.16. The molecule has 0 rings (SSSR count). The summed E-state index contributed by atoms with van der Waals surface area (Å²) in [4.78, 5) is 10.8. The zero-order valence-electron chi connectivity index (χ0n) is 9.57. The molecule has 0 saturated heterocycles. The lowest BCUT2D eigenvalue weighted by Crippen LogP contribution is -2.85. The average Bonchev–Trinajstić information content (AvgIpc) is 2.16. The molecule has 0 spiro atoms. The lowest BCUT2D eigenvalue weighted by molar-refractivity contribution is -0.653. The fourth-order valence-electron chi connectivity index (χ4n) is 1.21. The van der Waals surface area contributed by atoms with Crippen LogP contribution in [0.15, 0.2) is 5.16 Å². The van der Waals surface area contributed by atoms with E-state index in [1.54, 1.807) is 0 Å². The van der Waals surface area contributed by atoms with Crippen molar-refractivity contribution in [1.29, 1.82) is 0 Å². The van der Waals surface area contributed by atoms with Crippen LogP contribution >= 0.6 is 0 Å². The van der Waals surface area contributed by atoms with Crippen LogP contribution in [0.3, 0.4) is 0 Å². The van der Waals surface area contributed by atoms with Gasteiger partial charge in [0.25, 0.3) is 5.91 Å². The summed E-state index contributed by atoms with van der Waals surface area (Å²) < 4.78 is 0. The van der Waals surface area contributed by atoms with Crippen LogP contribution in [0.25, 0.3) is 0 Å². The fourth-order valence-corrected chi connectivity index (χ4v) is 1.21. The van der Waals surface area contributed by atoms with E-state index in [0.717, 1.165) is 25.2 Å². The zero-order valence-corrected chi connectivity index (χ0v) is 9.57. The third-order valence-corrected chi connectivity index (χ3v) is 2.01. The highest BCUT2D eigenvalue weighted by Crippen LogP contribution is 2.00. The lowest BCUT2D eigenvalue weighted by Gasteiger charge is -2.04. The van der Waals surface area contributed by atoms with Gasteiger partial charge >= 0.3 is 0 Å². The summed E-state index contributed by atoms with van der Waals surface area (Å²) in [6.45, 7) is 7.00. The highest BCUT2D eigenvalue weighted by atomic mass is 16.4. The standard InChI is InChI=1S/C10H21N3O2/c1-9(2)4-3-5-11-6-7-12-10(14)8-13-15/h8-9,11,15H,3-7H2,1-2H3,(H,12,14)/p+1/b13-8-. The van der Waals surface area contributed by atoms with Crippen LogP contribution in [0, 0.1) is 5.92 Å². The predicted octanol–water partition coefficient (Wildman–Crippen LogP) is -0.438. The maximum Gasteiger partial charge on any atom is 0.266 e. The Bertz CT molecular complexity index is 193. The molecule has 0 bridgehead atoms. The Morgan fingerprint density at radius 2 is 2.27 bits per heavy atom. The summed E-state index contributed by atoms with van der Waals surface area (Å²) >= 11 is 0. The molecule has 0 heterocycles. The number of nitrogens with one attached hydrogen (secondary N) is 1. The van der Waals surface area contributed by atoms with Gasteiger partial charge in [-0.2, -0.15) is 0 Å². The van der Waals surface area contributed by atoms with Crippen molar-refractivity contribution < 1.29 is 15.3 Å². The molecule has 5 heteroatoms. The second kappa shape index (κ2) is 9.45. The van der Waals surface area contributed by atoms with Crippen LogP contribution in [0.2, 0.25) is 0 Å². The molecule has 0 aromatic carbocycles. The van der Waals surface area contributed by atoms with Gasteiger partial charge in [0.2, 0.25) is 0 Å². The molecule has 0 aliphatic carbocycles. The zero-order chi connectivity index (χ0) is 11.5. The van der Waals surface area contributed by atoms with E-state index in [2.05, 4.69) is 29.6 Å². The normalized spacial score (nSPS) is 11.1. The second-order valence-corrected chi connectivity index (χ2v) is 3.94. The molecule has 15 heavy (non-hydrogen) atoms. The van der Waals surface area contributed by atoms with Gasteiger partial charge in [-0.15, -0.1) is 0 Å². The quantitative estimate of drug-likeness (QED) is 0.223. The van der Waals surface area contributed by atoms with Gasteiger partial charge in [0.05, 0.1) is 19.6 Å². The van der Waals surface area contributed by atoms with E-state index in [1.165, 1.54) is 12.8 Å². The van der Waals surface area contributed by atoms with Gasteiger partial charge in [0.1, 0.15) is 6.21 Å². The summed E-state index contributed by atoms with van der Waals surface area (Å²) in [5.41, 5.74) is 0. The molecular formula is C10H22N3O2+. The second-order valence-electron chi connectivity index (χ2n) is 3.94. The number of oxime groups is 1. The Labute approximate surface area is 90.9 Å². The molecule has 0 aromatic heterocycles. The Hall–Kier alpha value is -1.10. The molecule has 0 aliphatic heterocycles. The predicted molar refractivity (Wildman–Crippen MR) is 59.0 cm³/mol. The van der Waals surface area contributed by atoms with E-state index in [4.69, 9.17) is 5.21 Å². The van der Waals surface area contributed by atoms with Gasteiger partial charge in [0.15, 0.2) is 0 Å². The van der Waals surface area contributed by atoms with Crippen LogP contribution < -0.4 is 10.6 Å². The Morgan fingerprint density at radius 1 is 1.53 bits per heavy atom. The first-order valence-electron chi connectivity index (χ1n) is 5.43. The molecule has 5 nitrogen and oxygen atoms in total. The van der Waals surface area contributed by atoms with Gasteiger partial charge in [-0.3, -0.25) is 4.79 Å². The van der Waals surface area contributed by atoms with Gasteiger partial charge < -0.3 is 15.8 Å². The summed E-state index contributed by atoms with van der Waals surface area (Å²) in [5, 5.41) is 15.5. The summed E-state index contributed by atoms with van der Waals surface area (Å²) in [6, 6.07) is 0. The number of quaternary nitrogens is 1. The number of carbonyl (C=O) groups excluding carboxylic acids is 1. The molecule has 0 aromatic rings. The molecule has 0 radical (unpaired) electrons. The Kier molecular flexibility index (Phi) is 8.76. The number of nitrogens with zero attached hydrogens (tertiary/aromatic N) is 1. The van der Waals surface area contributed by atoms with Crippen LogP contribution in [0.4, 0.5) is 0 Å². The van der Waals surface area contributed by atoms with Crippen molar-refractivity contribution in [3.05, 3.63) is 0 Å². The Balaban J connectivity index is 3.15. The van der Waals surface area contributed by atoms with Crippen molar-refractivity contribution in [2.75, 3.05) is 19.6 Å². The van der Waals surface area contributed by atoms with Crippen molar-refractivity contribution in [1.82, 2.24) is 5.32 Å². The maximum atomic E-state index is 10.8. The third-order valence-electron chi connectivity index (χ3n) is 2.01. The SMILES string of the molecule is CC(C)CCC[NH2+]CCNC(=O)/C=N\O. The van der Waals surface area contributed by atoms with E-state index in [9.17, 15) is 4.79 Å². The van der Waals surface area contributed by atoms with E-state index >= 15 is 0 Å². The molecule has 0 atom stereocenters. The fraction of sp³-hybridized carbons (Fsp3) is 0.800. The van der Waals surface area contributed by atoms with Gasteiger partial charge in [-0.1, -0.05) is 19.0 Å². The van der Waals surface area contributed by atoms with E-state index in [1.807, 2.05) is 0 Å². The summed E-state index contributed by atoms with van der Waals surface area (Å²) in [6.07, 6.45) is 3.32. The number of rotatable bonds is 8. The van der Waals surface area contributed by atoms with Crippen molar-refractivity contribution in [2.45, 2.75) is 26.7 Å². The molecule has 1 amide bonds. The topological polar surface area (TPSA) is 78.3 Å². The summed E-state index contributed by atoms with van der Waals surface area (Å²) in [5.74, 6) is 0.409. The number of nitrogens with two attached hydrogens (primary N) is 1. The van der Waals surface area contributed by atoms with Crippen LogP contribution in [-0.4, -0.2) is 37.0 Å². The number of carbonyl (C=O) groups is 1. The molecule has 0 aliphatic rings. The molecule has 0 unspecified atom stereocenters. The van der Waals surface area contributed by atoms with Crippen LogP contribution in [0.5, 0.6) is 0 Å². The van der Waals surface area contributed by atoms with Crippen molar-refractivity contribution >= 4 is 12.1 Å². The van der Waals surface area contributed by atoms with E-state index in [0.29, 0.717) is 6.54 Å². The number of hydrogen-bond acceptors (Lipinski definition) is 3. The Morgan fingerprint density at radius 3 is 2.87 bits per heavy atom. The highest BCUT2D eigenvalue weighted by molar-refractivity contribution is 6.25. The molecule has 0 fully saturated rings. The first-order valence-corrected chi connectivity index (χ1v) is 5.43. The molecule has 4 N–H and O–H groups in total. The van der Waals surface area contributed by atoms with Crippen LogP contribution in [0.1, 0.15) is 26.7 Å². The van der Waals surface area contributed by atoms with Crippen LogP contribution in [-0.2, 0) is 4.79 Å². The monoisotopic (exact) mass is 216 g/mol. The van der Waals surface area contributed by atoms with Gasteiger partial charge in [0, 0.05) is 0 Å². The van der Waals surface area contributed by atoms with E-state index < -0.39 is 0 Å². The minimum Gasteiger partial charge on any atom is -0.411 e. The highest BCUT2D eigenvalue weighted by Gasteiger charge is 1.97. The minimum absolute atomic E-state index is 0.354. The maximum absolute atomic E-state index is 10.8. The smallest absolute Gasteiger partial charge is 0.266 e. The lowest BCUT2D eigenvalue weighted by atomic mass is 10.1. The largest absolute Gasteiger partial charge is 0.411 e. The van der Waals surface area contributed by atoms with Gasteiger partial charge in [-0.25, -0.2) is 0 Å². The molecular weight excluding hydrogens is 194 g/mol. The van der Waals surface area contributed by atoms with Gasteiger partial charge in [-0.05, 0) is 18.8 Å². The van der Waals surface area contributed by atoms with Crippen molar-refractivity contribution in [3.63, 3.8) is 0 Å². The summed E-state index contributed by atoms with van der Waals surface area (Å²) in [7, 11) is 0. The third kappa shape index (κ3) is 10.8. The van der Waals surface area contributed by atoms with Crippen molar-refractivity contribution in [3.8, 4) is 0 Å². The van der Waals surface area contributed by atoms with E-state index in [-0.39, 0.29) is 5.91 Å². The number of amides is 1. The van der Waals surface area contributed by atoms with Crippen molar-refractivity contribution in [2.24, 2.45) is 11.1 Å². The minimum atomic E-state index is -0.354. The molecule has 0 saturated carbocycles. The average molecular weight is 216 g/mol.